The van der Waals surface area contributed by atoms with Crippen LogP contribution in [0, 0.1) is 11.8 Å². The second-order valence-electron chi connectivity index (χ2n) is 15.3. The molecule has 0 radical (unpaired) electrons. The van der Waals surface area contributed by atoms with Crippen molar-refractivity contribution in [2.75, 3.05) is 80.6 Å². The van der Waals surface area contributed by atoms with E-state index in [1.807, 2.05) is 0 Å². The van der Waals surface area contributed by atoms with Gasteiger partial charge in [-0.05, 0) is 54.5 Å². The smallest absolute Gasteiger partial charge is 0.407 e. The van der Waals surface area contributed by atoms with Gasteiger partial charge in [-0.15, -0.1) is 0 Å². The number of carbonyl (C=O) groups excluding carboxylic acids is 6. The molecule has 22 heteroatoms. The molecule has 1 saturated heterocycles. The number of nitrogens with zero attached hydrogens (tertiary/aromatic N) is 4. The van der Waals surface area contributed by atoms with E-state index in [1.54, 1.807) is 36.9 Å². The summed E-state index contributed by atoms with van der Waals surface area (Å²) in [5.41, 5.74) is 10.2. The Morgan fingerprint density at radius 1 is 0.921 bits per heavy atom. The highest BCUT2D eigenvalue weighted by Gasteiger charge is 2.68. The van der Waals surface area contributed by atoms with Crippen LogP contribution in [0.1, 0.15) is 64.2 Å². The van der Waals surface area contributed by atoms with Crippen molar-refractivity contribution in [3.05, 3.63) is 63.1 Å². The van der Waals surface area contributed by atoms with E-state index in [-0.39, 0.29) is 99.1 Å². The van der Waals surface area contributed by atoms with Gasteiger partial charge in [0.2, 0.25) is 23.3 Å². The quantitative estimate of drug-likeness (QED) is 0.0320. The number of alkyl carbamates (subject to hydrolysis) is 1. The molecule has 22 nitrogen and oxygen atoms in total. The van der Waals surface area contributed by atoms with E-state index < -0.39 is 41.4 Å². The Morgan fingerprint density at radius 3 is 2.37 bits per heavy atom. The third kappa shape index (κ3) is 9.67. The number of ether oxygens (including phenoxy) is 7. The normalized spacial score (nSPS) is 17.9. The fraction of sp³-hybridized carbons (Fsp3) is 0.512. The standard InChI is InChI=1S/C41H51N9O13/c1-21(2)31(48-36(52)22(3)45-40(56)63-14-13-61-12-11-60-9-8-44-49-42)37(53)43-7-10-62-34-29(57-4)16-23-15-26(46-32(23)35(34)58-5)38(54)50-20-24-19-41(24)25-17-27(39(55)59-6)47-33(25)28(51)18-30(41)50/h15-18,21-22,24,31,46-47H,7-14,19-20H2,1-6H3,(H,43,53)(H,45,56)(H,48,52)/t22-,24+,31-,41?/m0/s1. The maximum absolute atomic E-state index is 14.1. The second-order valence-corrected chi connectivity index (χ2v) is 15.3. The summed E-state index contributed by atoms with van der Waals surface area (Å²) in [6, 6.07) is 3.03. The molecule has 4 amide bonds. The Kier molecular flexibility index (Phi) is 14.5. The van der Waals surface area contributed by atoms with Crippen molar-refractivity contribution >= 4 is 46.5 Å². The Morgan fingerprint density at radius 2 is 1.67 bits per heavy atom. The van der Waals surface area contributed by atoms with Gasteiger partial charge < -0.3 is 64.0 Å². The molecule has 1 spiro atoms. The van der Waals surface area contributed by atoms with Crippen molar-refractivity contribution in [2.45, 2.75) is 44.7 Å². The molecule has 3 aliphatic rings. The van der Waals surface area contributed by atoms with Crippen molar-refractivity contribution in [3.8, 4) is 17.2 Å². The number of ketones is 1. The number of nitrogens with one attached hydrogen (secondary N) is 5. The number of likely N-dealkylation sites (tertiary alicyclic amines) is 1. The number of hydrogen-bond donors (Lipinski definition) is 5. The van der Waals surface area contributed by atoms with Crippen molar-refractivity contribution in [1.82, 2.24) is 30.8 Å². The minimum Gasteiger partial charge on any atom is -0.493 e. The van der Waals surface area contributed by atoms with Crippen LogP contribution in [0.3, 0.4) is 0 Å². The van der Waals surface area contributed by atoms with E-state index in [4.69, 9.17) is 38.7 Å². The number of aromatic amines is 2. The topological polar surface area (TPSA) is 287 Å². The Bertz CT molecular complexity index is 2330. The summed E-state index contributed by atoms with van der Waals surface area (Å²) in [6.45, 7) is 6.36. The summed E-state index contributed by atoms with van der Waals surface area (Å²) in [5.74, 6) is -1.84. The third-order valence-corrected chi connectivity index (χ3v) is 11.0. The van der Waals surface area contributed by atoms with Gasteiger partial charge >= 0.3 is 12.1 Å². The Labute approximate surface area is 361 Å². The number of azide groups is 1. The molecule has 3 heterocycles. The number of H-pyrrole nitrogens is 2. The van der Waals surface area contributed by atoms with Gasteiger partial charge in [-0.2, -0.15) is 0 Å². The molecule has 5 N–H and O–H groups in total. The number of carbonyl (C=O) groups is 6. The molecule has 1 aromatic carbocycles. The third-order valence-electron chi connectivity index (χ3n) is 11.0. The zero-order chi connectivity index (χ0) is 45.4. The number of rotatable bonds is 22. The van der Waals surface area contributed by atoms with Crippen molar-refractivity contribution in [3.63, 3.8) is 0 Å². The predicted octanol–water partition coefficient (Wildman–Crippen LogP) is 2.89. The van der Waals surface area contributed by atoms with Gasteiger partial charge in [-0.1, -0.05) is 19.0 Å². The molecule has 2 aromatic heterocycles. The number of piperidine rings is 1. The van der Waals surface area contributed by atoms with E-state index >= 15 is 0 Å². The molecule has 2 aliphatic carbocycles. The maximum atomic E-state index is 14.1. The molecule has 2 fully saturated rings. The molecule has 338 valence electrons. The lowest BCUT2D eigenvalue weighted by Crippen LogP contribution is -2.55. The van der Waals surface area contributed by atoms with Crippen LogP contribution in [0.2, 0.25) is 0 Å². The lowest BCUT2D eigenvalue weighted by Gasteiger charge is -2.27. The zero-order valence-corrected chi connectivity index (χ0v) is 35.8. The molecule has 1 aliphatic heterocycles. The summed E-state index contributed by atoms with van der Waals surface area (Å²) in [7, 11) is 4.16. The van der Waals surface area contributed by atoms with Gasteiger partial charge in [0.15, 0.2) is 11.5 Å². The van der Waals surface area contributed by atoms with Crippen LogP contribution in [0.25, 0.3) is 21.3 Å². The highest BCUT2D eigenvalue weighted by atomic mass is 16.6. The average Bonchev–Trinajstić information content (AvgIpc) is 3.55. The van der Waals surface area contributed by atoms with Crippen LogP contribution in [0.15, 0.2) is 35.1 Å². The van der Waals surface area contributed by atoms with Gasteiger partial charge in [-0.3, -0.25) is 19.2 Å². The SMILES string of the molecule is COC(=O)c1cc2c([nH]1)C(=O)C=C1N(C(=O)c3cc4cc(OC)c(OCCNC(=O)[C@@H](NC(=O)[C@H](C)NC(=O)OCCOCCOCCN=[N+]=[N-])C(C)C)c(OC)c4[nH]3)C[C@H]3CC123. The van der Waals surface area contributed by atoms with Gasteiger partial charge in [-0.25, -0.2) is 9.59 Å². The summed E-state index contributed by atoms with van der Waals surface area (Å²) < 4.78 is 37.9. The fourth-order valence-corrected chi connectivity index (χ4v) is 7.86. The molecule has 6 rings (SSSR count). The molecule has 3 aromatic rings. The van der Waals surface area contributed by atoms with Crippen molar-refractivity contribution in [1.29, 1.82) is 0 Å². The van der Waals surface area contributed by atoms with Crippen LogP contribution < -0.4 is 30.2 Å². The van der Waals surface area contributed by atoms with Crippen molar-refractivity contribution < 1.29 is 61.9 Å². The number of amides is 4. The van der Waals surface area contributed by atoms with Gasteiger partial charge in [0.05, 0.1) is 65.5 Å². The number of benzene rings is 1. The predicted molar refractivity (Wildman–Crippen MR) is 222 cm³/mol. The number of allylic oxidation sites excluding steroid dienone is 2. The molecular formula is C41H51N9O13. The maximum Gasteiger partial charge on any atom is 0.407 e. The monoisotopic (exact) mass is 877 g/mol. The first kappa shape index (κ1) is 45.7. The van der Waals surface area contributed by atoms with E-state index in [2.05, 4.69) is 35.9 Å². The summed E-state index contributed by atoms with van der Waals surface area (Å²) >= 11 is 0. The van der Waals surface area contributed by atoms with E-state index in [1.165, 1.54) is 34.3 Å². The molecule has 0 bridgehead atoms. The summed E-state index contributed by atoms with van der Waals surface area (Å²) in [6.07, 6.45) is 1.36. The van der Waals surface area contributed by atoms with Crippen LogP contribution in [-0.2, 0) is 34.0 Å². The Balaban J connectivity index is 1.01. The summed E-state index contributed by atoms with van der Waals surface area (Å²) in [5, 5.41) is 11.8. The number of methoxy groups -OCH3 is 3. The highest BCUT2D eigenvalue weighted by Crippen LogP contribution is 2.67. The Hall–Kier alpha value is -6.77. The largest absolute Gasteiger partial charge is 0.493 e. The van der Waals surface area contributed by atoms with Gasteiger partial charge in [0.25, 0.3) is 5.91 Å². The van der Waals surface area contributed by atoms with Crippen molar-refractivity contribution in [2.24, 2.45) is 17.0 Å². The fourth-order valence-electron chi connectivity index (χ4n) is 7.86. The van der Waals surface area contributed by atoms with Crippen LogP contribution in [0.4, 0.5) is 4.79 Å². The number of esters is 1. The van der Waals surface area contributed by atoms with Crippen LogP contribution in [0.5, 0.6) is 17.2 Å². The number of hydrogen-bond acceptors (Lipinski definition) is 14. The zero-order valence-electron chi connectivity index (χ0n) is 35.8. The molecule has 1 unspecified atom stereocenters. The molecule has 1 saturated carbocycles. The lowest BCUT2D eigenvalue weighted by atomic mass is 9.85. The lowest BCUT2D eigenvalue weighted by molar-refractivity contribution is -0.130. The minimum atomic E-state index is -1.03. The molecule has 63 heavy (non-hydrogen) atoms. The average molecular weight is 878 g/mol. The van der Waals surface area contributed by atoms with Crippen LogP contribution in [-0.4, -0.2) is 143 Å². The second kappa shape index (κ2) is 20.0. The molecular weight excluding hydrogens is 827 g/mol. The number of aromatic nitrogens is 2. The molecule has 4 atom stereocenters. The van der Waals surface area contributed by atoms with Crippen LogP contribution >= 0.6 is 0 Å². The van der Waals surface area contributed by atoms with E-state index in [9.17, 15) is 28.8 Å². The first-order valence-corrected chi connectivity index (χ1v) is 20.3. The summed E-state index contributed by atoms with van der Waals surface area (Å²) in [4.78, 5) is 88.3. The first-order valence-electron chi connectivity index (χ1n) is 20.3. The van der Waals surface area contributed by atoms with E-state index in [0.29, 0.717) is 40.2 Å². The highest BCUT2D eigenvalue weighted by molar-refractivity contribution is 6.10. The van der Waals surface area contributed by atoms with Gasteiger partial charge in [0, 0.05) is 40.6 Å². The first-order chi connectivity index (χ1) is 30.3. The van der Waals surface area contributed by atoms with Gasteiger partial charge in [0.1, 0.15) is 36.7 Å². The number of fused-ring (bicyclic) bond motifs is 2. The van der Waals surface area contributed by atoms with E-state index in [0.717, 1.165) is 6.42 Å². The minimum absolute atomic E-state index is 0.0243.